The second kappa shape index (κ2) is 4.12. The van der Waals surface area contributed by atoms with Crippen molar-refractivity contribution in [3.05, 3.63) is 23.9 Å². The van der Waals surface area contributed by atoms with Gasteiger partial charge in [-0.2, -0.15) is 13.2 Å². The predicted molar refractivity (Wildman–Crippen MR) is 61.2 cm³/mol. The number of anilines is 1. The lowest BCUT2D eigenvalue weighted by atomic mass is 9.83. The van der Waals surface area contributed by atoms with Crippen LogP contribution in [-0.4, -0.2) is 28.8 Å². The molecule has 0 bridgehead atoms. The number of hydrogen-bond acceptors (Lipinski definition) is 3. The summed E-state index contributed by atoms with van der Waals surface area (Å²) in [5.41, 5.74) is -1.52. The summed E-state index contributed by atoms with van der Waals surface area (Å²) < 4.78 is 37.1. The second-order valence-electron chi connectivity index (χ2n) is 5.02. The molecule has 0 radical (unpaired) electrons. The zero-order valence-corrected chi connectivity index (χ0v) is 10.2. The Morgan fingerprint density at radius 2 is 1.94 bits per heavy atom. The third-order valence-corrected chi connectivity index (χ3v) is 3.40. The van der Waals surface area contributed by atoms with E-state index >= 15 is 0 Å². The van der Waals surface area contributed by atoms with Gasteiger partial charge in [-0.05, 0) is 18.1 Å². The van der Waals surface area contributed by atoms with E-state index in [-0.39, 0.29) is 5.92 Å². The van der Waals surface area contributed by atoms with Crippen molar-refractivity contribution in [3.63, 3.8) is 0 Å². The molecule has 0 aliphatic carbocycles. The first-order valence-corrected chi connectivity index (χ1v) is 5.73. The Bertz CT molecular complexity index is 422. The summed E-state index contributed by atoms with van der Waals surface area (Å²) in [6.07, 6.45) is -3.54. The van der Waals surface area contributed by atoms with Crippen LogP contribution < -0.4 is 4.90 Å². The topological polar surface area (TPSA) is 36.4 Å². The SMILES string of the molecule is CC(C)C1(O)CN(c2ccc(C(F)(F)F)cn2)C1. The van der Waals surface area contributed by atoms with Crippen LogP contribution in [0.5, 0.6) is 0 Å². The average molecular weight is 260 g/mol. The Morgan fingerprint density at radius 1 is 1.33 bits per heavy atom. The molecule has 2 heterocycles. The highest BCUT2D eigenvalue weighted by Crippen LogP contribution is 2.33. The van der Waals surface area contributed by atoms with Gasteiger partial charge in [-0.15, -0.1) is 0 Å². The number of β-amino-alcohol motifs (C(OH)–C–C–N with tert-alkyl or cyclic N) is 1. The number of halogens is 3. The number of alkyl halides is 3. The molecule has 100 valence electrons. The average Bonchev–Trinajstić information content (AvgIpc) is 2.23. The number of hydrogen-bond donors (Lipinski definition) is 1. The Hall–Kier alpha value is -1.30. The van der Waals surface area contributed by atoms with Gasteiger partial charge in [0.15, 0.2) is 0 Å². The quantitative estimate of drug-likeness (QED) is 0.886. The van der Waals surface area contributed by atoms with Crippen molar-refractivity contribution in [1.29, 1.82) is 0 Å². The molecule has 1 aromatic rings. The molecule has 0 spiro atoms. The fourth-order valence-electron chi connectivity index (χ4n) is 1.88. The van der Waals surface area contributed by atoms with Crippen molar-refractivity contribution in [2.45, 2.75) is 25.6 Å². The van der Waals surface area contributed by atoms with Crippen LogP contribution in [0.1, 0.15) is 19.4 Å². The molecular formula is C12H15F3N2O. The van der Waals surface area contributed by atoms with Crippen LogP contribution in [0.4, 0.5) is 19.0 Å². The van der Waals surface area contributed by atoms with E-state index in [0.717, 1.165) is 12.3 Å². The van der Waals surface area contributed by atoms with Crippen molar-refractivity contribution in [3.8, 4) is 0 Å². The van der Waals surface area contributed by atoms with Crippen LogP contribution in [0.25, 0.3) is 0 Å². The van der Waals surface area contributed by atoms with Gasteiger partial charge in [0.2, 0.25) is 0 Å². The molecule has 0 saturated carbocycles. The number of nitrogens with zero attached hydrogens (tertiary/aromatic N) is 2. The monoisotopic (exact) mass is 260 g/mol. The normalized spacial score (nSPS) is 18.9. The molecule has 1 aliphatic rings. The number of rotatable bonds is 2. The minimum Gasteiger partial charge on any atom is -0.386 e. The highest BCUT2D eigenvalue weighted by atomic mass is 19.4. The summed E-state index contributed by atoms with van der Waals surface area (Å²) in [6.45, 7) is 4.64. The van der Waals surface area contributed by atoms with Gasteiger partial charge in [0, 0.05) is 6.20 Å². The van der Waals surface area contributed by atoms with Gasteiger partial charge in [0.05, 0.1) is 18.7 Å². The van der Waals surface area contributed by atoms with Crippen molar-refractivity contribution in [2.75, 3.05) is 18.0 Å². The van der Waals surface area contributed by atoms with Gasteiger partial charge in [-0.1, -0.05) is 13.8 Å². The Morgan fingerprint density at radius 3 is 2.33 bits per heavy atom. The van der Waals surface area contributed by atoms with Gasteiger partial charge in [-0.3, -0.25) is 0 Å². The molecule has 1 aliphatic heterocycles. The molecule has 1 N–H and O–H groups in total. The maximum Gasteiger partial charge on any atom is 0.417 e. The zero-order valence-electron chi connectivity index (χ0n) is 10.2. The minimum absolute atomic E-state index is 0.114. The molecule has 2 rings (SSSR count). The largest absolute Gasteiger partial charge is 0.417 e. The fourth-order valence-corrected chi connectivity index (χ4v) is 1.88. The third-order valence-electron chi connectivity index (χ3n) is 3.40. The minimum atomic E-state index is -4.36. The third kappa shape index (κ3) is 2.29. The number of aliphatic hydroxyl groups is 1. The van der Waals surface area contributed by atoms with Gasteiger partial charge in [-0.25, -0.2) is 4.98 Å². The zero-order chi connectivity index (χ0) is 13.6. The molecule has 1 saturated heterocycles. The maximum absolute atomic E-state index is 12.4. The van der Waals surface area contributed by atoms with Crippen LogP contribution in [0.15, 0.2) is 18.3 Å². The highest BCUT2D eigenvalue weighted by molar-refractivity contribution is 5.44. The van der Waals surface area contributed by atoms with E-state index in [4.69, 9.17) is 0 Å². The number of pyridine rings is 1. The molecule has 6 heteroatoms. The standard InChI is InChI=1S/C12H15F3N2O/c1-8(2)11(18)6-17(7-11)10-4-3-9(5-16-10)12(13,14)15/h3-5,8,18H,6-7H2,1-2H3. The first-order chi connectivity index (χ1) is 8.22. The van der Waals surface area contributed by atoms with Crippen LogP contribution in [0.3, 0.4) is 0 Å². The fraction of sp³-hybridized carbons (Fsp3) is 0.583. The van der Waals surface area contributed by atoms with E-state index in [1.165, 1.54) is 6.07 Å². The van der Waals surface area contributed by atoms with Gasteiger partial charge < -0.3 is 10.0 Å². The Kier molecular flexibility index (Phi) is 3.01. The van der Waals surface area contributed by atoms with E-state index in [9.17, 15) is 18.3 Å². The first kappa shape index (κ1) is 13.1. The maximum atomic E-state index is 12.4. The second-order valence-corrected chi connectivity index (χ2v) is 5.02. The first-order valence-electron chi connectivity index (χ1n) is 5.73. The van der Waals surface area contributed by atoms with Crippen LogP contribution in [0, 0.1) is 5.92 Å². The highest BCUT2D eigenvalue weighted by Gasteiger charge is 2.44. The lowest BCUT2D eigenvalue weighted by Gasteiger charge is -2.49. The van der Waals surface area contributed by atoms with Crippen molar-refractivity contribution < 1.29 is 18.3 Å². The van der Waals surface area contributed by atoms with Crippen molar-refractivity contribution in [1.82, 2.24) is 4.98 Å². The molecule has 1 fully saturated rings. The predicted octanol–water partition coefficient (Wildman–Crippen LogP) is 2.31. The lowest BCUT2D eigenvalue weighted by Crippen LogP contribution is -2.65. The Balaban J connectivity index is 2.05. The van der Waals surface area contributed by atoms with Gasteiger partial charge in [0.25, 0.3) is 0 Å². The Labute approximate surface area is 103 Å². The molecular weight excluding hydrogens is 245 g/mol. The van der Waals surface area contributed by atoms with E-state index < -0.39 is 17.3 Å². The summed E-state index contributed by atoms with van der Waals surface area (Å²) in [4.78, 5) is 5.55. The molecule has 0 atom stereocenters. The summed E-state index contributed by atoms with van der Waals surface area (Å²) >= 11 is 0. The summed E-state index contributed by atoms with van der Waals surface area (Å²) in [5.74, 6) is 0.580. The van der Waals surface area contributed by atoms with E-state index in [0.29, 0.717) is 18.9 Å². The van der Waals surface area contributed by atoms with E-state index in [1.54, 1.807) is 4.90 Å². The van der Waals surface area contributed by atoms with Crippen LogP contribution in [0.2, 0.25) is 0 Å². The molecule has 0 unspecified atom stereocenters. The molecule has 0 aromatic carbocycles. The van der Waals surface area contributed by atoms with E-state index in [1.807, 2.05) is 13.8 Å². The van der Waals surface area contributed by atoms with E-state index in [2.05, 4.69) is 4.98 Å². The molecule has 3 nitrogen and oxygen atoms in total. The summed E-state index contributed by atoms with van der Waals surface area (Å²) in [6, 6.07) is 2.35. The molecule has 0 amide bonds. The van der Waals surface area contributed by atoms with Crippen LogP contribution >= 0.6 is 0 Å². The van der Waals surface area contributed by atoms with Crippen LogP contribution in [-0.2, 0) is 6.18 Å². The number of aromatic nitrogens is 1. The smallest absolute Gasteiger partial charge is 0.386 e. The molecule has 1 aromatic heterocycles. The summed E-state index contributed by atoms with van der Waals surface area (Å²) in [5, 5.41) is 10.1. The van der Waals surface area contributed by atoms with Gasteiger partial charge >= 0.3 is 6.18 Å². The van der Waals surface area contributed by atoms with Gasteiger partial charge in [0.1, 0.15) is 11.4 Å². The lowest BCUT2D eigenvalue weighted by molar-refractivity contribution is -0.137. The van der Waals surface area contributed by atoms with Crippen molar-refractivity contribution in [2.24, 2.45) is 5.92 Å². The van der Waals surface area contributed by atoms with Crippen molar-refractivity contribution >= 4 is 5.82 Å². The molecule has 18 heavy (non-hydrogen) atoms. The summed E-state index contributed by atoms with van der Waals surface area (Å²) in [7, 11) is 0.